The van der Waals surface area contributed by atoms with E-state index in [1.54, 1.807) is 72.8 Å². The molecular weight excluding hydrogens is 840 g/mol. The first-order chi connectivity index (χ1) is 29.9. The summed E-state index contributed by atoms with van der Waals surface area (Å²) in [6.07, 6.45) is 0. The van der Waals surface area contributed by atoms with Gasteiger partial charge in [-0.3, -0.25) is 9.44 Å². The van der Waals surface area contributed by atoms with E-state index in [1.165, 1.54) is 72.8 Å². The van der Waals surface area contributed by atoms with Crippen molar-refractivity contribution < 1.29 is 49.4 Å². The lowest BCUT2D eigenvalue weighted by Gasteiger charge is -2.06. The van der Waals surface area contributed by atoms with Crippen molar-refractivity contribution in [2.24, 2.45) is 0 Å². The van der Waals surface area contributed by atoms with E-state index in [-0.39, 0.29) is 69.3 Å². The summed E-state index contributed by atoms with van der Waals surface area (Å²) < 4.78 is 91.9. The van der Waals surface area contributed by atoms with Gasteiger partial charge in [0.2, 0.25) is 11.8 Å². The van der Waals surface area contributed by atoms with Crippen LogP contribution in [0.25, 0.3) is 22.6 Å². The highest BCUT2D eigenvalue weighted by molar-refractivity contribution is 7.93. The summed E-state index contributed by atoms with van der Waals surface area (Å²) in [4.78, 5) is 19.7. The summed E-state index contributed by atoms with van der Waals surface area (Å²) in [5.41, 5.74) is 1.43. The second-order valence-electron chi connectivity index (χ2n) is 13.0. The molecule has 8 aromatic rings. The first-order valence-corrected chi connectivity index (χ1v) is 21.5. The zero-order chi connectivity index (χ0) is 43.5. The third kappa shape index (κ3) is 10.9. The first-order valence-electron chi connectivity index (χ1n) is 18.5. The van der Waals surface area contributed by atoms with Crippen LogP contribution in [0.1, 0.15) is 22.1 Å². The predicted octanol–water partition coefficient (Wildman–Crippen LogP) is 9.28. The van der Waals surface area contributed by atoms with E-state index in [9.17, 15) is 26.0 Å². The molecule has 0 saturated carbocycles. The van der Waals surface area contributed by atoms with Crippen molar-refractivity contribution in [2.45, 2.75) is 23.0 Å². The summed E-state index contributed by atoms with van der Waals surface area (Å²) in [5, 5.41) is 8.98. The van der Waals surface area contributed by atoms with E-state index in [2.05, 4.69) is 19.4 Å². The standard InChI is InChI=1S/C23H18N2O6S.C22H17FN2O4S/c26-23(27)17-11-13-18(14-12-17)30-15-20-24-22(21(31-20)16-7-3-1-4-8-16)25-32(28,29)19-9-5-2-6-10-19;23-17-11-13-18(14-12-17)28-15-20-24-22(21(29-20)16-7-3-1-4-8-16)25-30(26,27)19-9-5-2-6-10-19/h1-14,25H,15H2,(H,26,27);1-14,25H,15H2. The van der Waals surface area contributed by atoms with Gasteiger partial charge in [0.05, 0.1) is 15.4 Å². The number of nitrogens with zero attached hydrogens (tertiary/aromatic N) is 2. The number of halogens is 1. The Bertz CT molecular complexity index is 2950. The van der Waals surface area contributed by atoms with Gasteiger partial charge in [0.15, 0.2) is 36.4 Å². The number of hydrogen-bond acceptors (Lipinski definition) is 11. The Morgan fingerprint density at radius 1 is 0.532 bits per heavy atom. The first kappa shape index (κ1) is 42.4. The molecule has 0 fully saturated rings. The van der Waals surface area contributed by atoms with Crippen LogP contribution in [0.4, 0.5) is 16.0 Å². The molecular formula is C45H35FN4O10S2. The van der Waals surface area contributed by atoms with Crippen LogP contribution in [0.2, 0.25) is 0 Å². The van der Waals surface area contributed by atoms with Crippen molar-refractivity contribution in [3.63, 3.8) is 0 Å². The van der Waals surface area contributed by atoms with Gasteiger partial charge in [-0.05, 0) is 72.8 Å². The van der Waals surface area contributed by atoms with Gasteiger partial charge in [0, 0.05) is 11.1 Å². The lowest BCUT2D eigenvalue weighted by atomic mass is 10.2. The number of hydrogen-bond donors (Lipinski definition) is 3. The molecule has 0 spiro atoms. The molecule has 314 valence electrons. The van der Waals surface area contributed by atoms with Crippen molar-refractivity contribution in [3.8, 4) is 34.1 Å². The van der Waals surface area contributed by atoms with Crippen LogP contribution in [0.3, 0.4) is 0 Å². The molecule has 0 amide bonds. The van der Waals surface area contributed by atoms with Crippen LogP contribution < -0.4 is 18.9 Å². The van der Waals surface area contributed by atoms with Gasteiger partial charge in [0.1, 0.15) is 17.3 Å². The van der Waals surface area contributed by atoms with Crippen LogP contribution in [0.5, 0.6) is 11.5 Å². The Morgan fingerprint density at radius 3 is 1.26 bits per heavy atom. The number of rotatable bonds is 15. The fraction of sp³-hybridized carbons (Fsp3) is 0.0444. The van der Waals surface area contributed by atoms with Crippen molar-refractivity contribution >= 4 is 37.7 Å². The van der Waals surface area contributed by atoms with E-state index < -0.39 is 26.0 Å². The average Bonchev–Trinajstić information content (AvgIpc) is 3.89. The largest absolute Gasteiger partial charge is 0.484 e. The summed E-state index contributed by atoms with van der Waals surface area (Å²) in [6, 6.07) is 45.3. The fourth-order valence-corrected chi connectivity index (χ4v) is 7.70. The third-order valence-corrected chi connectivity index (χ3v) is 11.3. The van der Waals surface area contributed by atoms with E-state index >= 15 is 0 Å². The van der Waals surface area contributed by atoms with Crippen LogP contribution in [0.15, 0.2) is 188 Å². The number of carboxylic acid groups (broad SMARTS) is 1. The number of anilines is 2. The van der Waals surface area contributed by atoms with Gasteiger partial charge in [-0.15, -0.1) is 0 Å². The molecule has 0 unspecified atom stereocenters. The number of carboxylic acids is 1. The summed E-state index contributed by atoms with van der Waals surface area (Å²) in [5.74, 6) is 0.388. The number of oxazole rings is 2. The van der Waals surface area contributed by atoms with Gasteiger partial charge in [-0.1, -0.05) is 97.1 Å². The fourth-order valence-electron chi connectivity index (χ4n) is 5.65. The minimum atomic E-state index is -3.88. The zero-order valence-corrected chi connectivity index (χ0v) is 33.9. The lowest BCUT2D eigenvalue weighted by molar-refractivity contribution is 0.0696. The van der Waals surface area contributed by atoms with Crippen molar-refractivity contribution in [1.29, 1.82) is 0 Å². The summed E-state index contributed by atoms with van der Waals surface area (Å²) >= 11 is 0. The Balaban J connectivity index is 0.000000187. The predicted molar refractivity (Wildman–Crippen MR) is 227 cm³/mol. The second-order valence-corrected chi connectivity index (χ2v) is 16.4. The Hall–Kier alpha value is -7.76. The molecule has 0 aliphatic carbocycles. The smallest absolute Gasteiger partial charge is 0.335 e. The van der Waals surface area contributed by atoms with Crippen LogP contribution >= 0.6 is 0 Å². The average molecular weight is 875 g/mol. The van der Waals surface area contributed by atoms with E-state index in [0.29, 0.717) is 22.6 Å². The highest BCUT2D eigenvalue weighted by atomic mass is 32.2. The molecule has 0 aliphatic heterocycles. The van der Waals surface area contributed by atoms with Gasteiger partial charge in [-0.2, -0.15) is 9.97 Å². The number of carbonyl (C=O) groups is 1. The van der Waals surface area contributed by atoms with Crippen molar-refractivity contribution in [2.75, 3.05) is 9.44 Å². The highest BCUT2D eigenvalue weighted by Crippen LogP contribution is 2.33. The Kier molecular flexibility index (Phi) is 13.0. The van der Waals surface area contributed by atoms with Crippen LogP contribution in [-0.4, -0.2) is 37.9 Å². The molecule has 6 aromatic carbocycles. The topological polar surface area (TPSA) is 200 Å². The minimum Gasteiger partial charge on any atom is -0.484 e. The number of nitrogens with one attached hydrogen (secondary N) is 2. The van der Waals surface area contributed by atoms with Crippen molar-refractivity contribution in [3.05, 3.63) is 193 Å². The number of sulfonamides is 2. The van der Waals surface area contributed by atoms with Crippen LogP contribution in [-0.2, 0) is 33.3 Å². The number of aromatic nitrogens is 2. The molecule has 0 atom stereocenters. The maximum atomic E-state index is 13.0. The molecule has 62 heavy (non-hydrogen) atoms. The maximum absolute atomic E-state index is 13.0. The molecule has 0 saturated heterocycles. The van der Waals surface area contributed by atoms with E-state index in [4.69, 9.17) is 23.4 Å². The number of benzene rings is 6. The Morgan fingerprint density at radius 2 is 0.887 bits per heavy atom. The molecule has 3 N–H and O–H groups in total. The molecule has 14 nitrogen and oxygen atoms in total. The minimum absolute atomic E-state index is 0.0416. The van der Waals surface area contributed by atoms with Gasteiger partial charge in [-0.25, -0.2) is 26.0 Å². The van der Waals surface area contributed by atoms with Gasteiger partial charge in [0.25, 0.3) is 20.0 Å². The quantitative estimate of drug-likeness (QED) is 0.0883. The summed E-state index contributed by atoms with van der Waals surface area (Å²) in [7, 11) is -7.74. The molecule has 2 heterocycles. The molecule has 17 heteroatoms. The molecule has 2 aromatic heterocycles. The van der Waals surface area contributed by atoms with E-state index in [0.717, 1.165) is 0 Å². The molecule has 0 bridgehead atoms. The molecule has 8 rings (SSSR count). The second kappa shape index (κ2) is 19.1. The number of aromatic carboxylic acids is 1. The molecule has 0 aliphatic rings. The van der Waals surface area contributed by atoms with Gasteiger partial charge < -0.3 is 23.4 Å². The normalized spacial score (nSPS) is 11.2. The highest BCUT2D eigenvalue weighted by Gasteiger charge is 2.24. The SMILES string of the molecule is O=C(O)c1ccc(OCc2nc(NS(=O)(=O)c3ccccc3)c(-c3ccccc3)o2)cc1.O=S(=O)(Nc1nc(COc2ccc(F)cc2)oc1-c1ccccc1)c1ccccc1. The molecule has 0 radical (unpaired) electrons. The third-order valence-electron chi connectivity index (χ3n) is 8.62. The van der Waals surface area contributed by atoms with E-state index in [1.807, 2.05) is 24.3 Å². The van der Waals surface area contributed by atoms with Crippen LogP contribution in [0, 0.1) is 5.82 Å². The number of ether oxygens (including phenoxy) is 2. The summed E-state index contributed by atoms with van der Waals surface area (Å²) in [6.45, 7) is -0.141. The van der Waals surface area contributed by atoms with Crippen molar-refractivity contribution in [1.82, 2.24) is 9.97 Å². The maximum Gasteiger partial charge on any atom is 0.335 e. The lowest BCUT2D eigenvalue weighted by Crippen LogP contribution is -2.13. The zero-order valence-electron chi connectivity index (χ0n) is 32.3. The Labute approximate surface area is 355 Å². The van der Waals surface area contributed by atoms with Gasteiger partial charge >= 0.3 is 5.97 Å². The monoisotopic (exact) mass is 874 g/mol.